The molecule has 4 rings (SSSR count). The van der Waals surface area contributed by atoms with Crippen molar-refractivity contribution < 1.29 is 4.74 Å². The van der Waals surface area contributed by atoms with Crippen LogP contribution in [0.4, 0.5) is 0 Å². The van der Waals surface area contributed by atoms with Gasteiger partial charge in [0, 0.05) is 12.0 Å². The molecule has 0 saturated heterocycles. The summed E-state index contributed by atoms with van der Waals surface area (Å²) >= 11 is 1.14. The number of methoxy groups -OCH3 is 1. The molecule has 4 aromatic rings. The van der Waals surface area contributed by atoms with E-state index in [1.54, 1.807) is 19.3 Å². The highest BCUT2D eigenvalue weighted by molar-refractivity contribution is 7.15. The molecule has 0 atom stereocenters. The zero-order valence-electron chi connectivity index (χ0n) is 15.6. The molecule has 2 heterocycles. The van der Waals surface area contributed by atoms with E-state index >= 15 is 0 Å². The Balaban J connectivity index is 1.70. The number of hydrogen-bond donors (Lipinski definition) is 0. The van der Waals surface area contributed by atoms with E-state index in [4.69, 9.17) is 4.74 Å². The predicted molar refractivity (Wildman–Crippen MR) is 114 cm³/mol. The monoisotopic (exact) mass is 403 g/mol. The minimum Gasteiger partial charge on any atom is -0.496 e. The number of allylic oxidation sites excluding steroid dienone is 1. The van der Waals surface area contributed by atoms with Gasteiger partial charge in [-0.1, -0.05) is 72.0 Å². The van der Waals surface area contributed by atoms with Gasteiger partial charge in [0.25, 0.3) is 11.1 Å². The third-order valence-corrected chi connectivity index (χ3v) is 5.30. The summed E-state index contributed by atoms with van der Waals surface area (Å²) in [5.41, 5.74) is 1.38. The number of para-hydroxylation sites is 1. The molecule has 0 N–H and O–H groups in total. The van der Waals surface area contributed by atoms with Crippen molar-refractivity contribution in [1.29, 1.82) is 0 Å². The normalized spacial score (nSPS) is 12.1. The Labute approximate surface area is 170 Å². The van der Waals surface area contributed by atoms with Gasteiger partial charge in [-0.3, -0.25) is 9.59 Å². The minimum atomic E-state index is -0.411. The van der Waals surface area contributed by atoms with Crippen molar-refractivity contribution in [1.82, 2.24) is 14.6 Å². The molecule has 2 aromatic heterocycles. The van der Waals surface area contributed by atoms with Gasteiger partial charge in [-0.25, -0.2) is 0 Å². The molecule has 7 heteroatoms. The van der Waals surface area contributed by atoms with Crippen LogP contribution in [0.15, 0.2) is 70.3 Å². The molecule has 0 aliphatic carbocycles. The fraction of sp³-hybridized carbons (Fsp3) is 0.0909. The molecular formula is C22H17N3O3S. The number of aromatic nitrogens is 3. The van der Waals surface area contributed by atoms with Crippen molar-refractivity contribution in [3.05, 3.63) is 103 Å². The standard InChI is InChI=1S/C22H17N3O3S/c1-28-18-12-6-5-10-16(18)11-7-13-19-21(27)25-22(29-19)23-20(26)17(24-25)14-15-8-3-2-4-9-15/h2-13H,14H2,1H3/b11-7-,19-13?. The van der Waals surface area contributed by atoms with E-state index in [1.165, 1.54) is 4.52 Å². The molecule has 2 aromatic carbocycles. The lowest BCUT2D eigenvalue weighted by Gasteiger charge is -2.02. The van der Waals surface area contributed by atoms with Gasteiger partial charge in [-0.15, -0.1) is 0 Å². The van der Waals surface area contributed by atoms with Crippen LogP contribution in [0, 0.1) is 0 Å². The number of ether oxygens (including phenoxy) is 1. The topological polar surface area (TPSA) is 73.6 Å². The largest absolute Gasteiger partial charge is 0.496 e. The maximum absolute atomic E-state index is 12.7. The summed E-state index contributed by atoms with van der Waals surface area (Å²) in [6, 6.07) is 17.1. The predicted octanol–water partition coefficient (Wildman–Crippen LogP) is 2.32. The Kier molecular flexibility index (Phi) is 5.31. The maximum atomic E-state index is 12.7. The third kappa shape index (κ3) is 4.00. The fourth-order valence-electron chi connectivity index (χ4n) is 2.90. The number of thiazole rings is 1. The first-order chi connectivity index (χ1) is 14.2. The van der Waals surface area contributed by atoms with Crippen molar-refractivity contribution >= 4 is 28.4 Å². The second-order valence-electron chi connectivity index (χ2n) is 6.26. The summed E-state index contributed by atoms with van der Waals surface area (Å²) in [6.45, 7) is 0. The molecule has 6 nitrogen and oxygen atoms in total. The first kappa shape index (κ1) is 18.8. The smallest absolute Gasteiger partial charge is 0.296 e. The average molecular weight is 403 g/mol. The molecule has 0 aliphatic rings. The summed E-state index contributed by atoms with van der Waals surface area (Å²) in [6.07, 6.45) is 5.65. The van der Waals surface area contributed by atoms with Gasteiger partial charge >= 0.3 is 0 Å². The van der Waals surface area contributed by atoms with Crippen LogP contribution in [-0.4, -0.2) is 21.7 Å². The van der Waals surface area contributed by atoms with Crippen molar-refractivity contribution in [3.8, 4) is 5.75 Å². The van der Waals surface area contributed by atoms with Crippen LogP contribution in [-0.2, 0) is 6.42 Å². The van der Waals surface area contributed by atoms with Crippen molar-refractivity contribution in [2.24, 2.45) is 0 Å². The lowest BCUT2D eigenvalue weighted by Crippen LogP contribution is -2.27. The van der Waals surface area contributed by atoms with Gasteiger partial charge in [-0.2, -0.15) is 14.6 Å². The summed E-state index contributed by atoms with van der Waals surface area (Å²) in [5, 5.41) is 4.26. The first-order valence-electron chi connectivity index (χ1n) is 8.94. The van der Waals surface area contributed by atoms with Crippen LogP contribution in [0.5, 0.6) is 5.75 Å². The quantitative estimate of drug-likeness (QED) is 0.511. The number of benzene rings is 2. The Morgan fingerprint density at radius 1 is 1.07 bits per heavy atom. The van der Waals surface area contributed by atoms with Crippen LogP contribution in [0.1, 0.15) is 16.8 Å². The van der Waals surface area contributed by atoms with Crippen molar-refractivity contribution in [3.63, 3.8) is 0 Å². The number of rotatable bonds is 5. The molecule has 0 unspecified atom stereocenters. The summed E-state index contributed by atoms with van der Waals surface area (Å²) < 4.78 is 6.96. The second kappa shape index (κ2) is 8.20. The Morgan fingerprint density at radius 2 is 1.83 bits per heavy atom. The van der Waals surface area contributed by atoms with Crippen LogP contribution in [0.25, 0.3) is 17.1 Å². The number of nitrogens with zero attached hydrogens (tertiary/aromatic N) is 3. The summed E-state index contributed by atoms with van der Waals surface area (Å²) in [5.74, 6) is 0.745. The van der Waals surface area contributed by atoms with Gasteiger partial charge < -0.3 is 4.74 Å². The molecule has 144 valence electrons. The van der Waals surface area contributed by atoms with Crippen LogP contribution < -0.4 is 20.4 Å². The summed E-state index contributed by atoms with van der Waals surface area (Å²) in [7, 11) is 1.61. The molecule has 0 saturated carbocycles. The van der Waals surface area contributed by atoms with Gasteiger partial charge in [0.2, 0.25) is 4.96 Å². The molecule has 29 heavy (non-hydrogen) atoms. The number of hydrogen-bond acceptors (Lipinski definition) is 6. The van der Waals surface area contributed by atoms with E-state index in [-0.39, 0.29) is 16.2 Å². The molecular weight excluding hydrogens is 386 g/mol. The van der Waals surface area contributed by atoms with Gasteiger partial charge in [0.1, 0.15) is 11.4 Å². The minimum absolute atomic E-state index is 0.250. The average Bonchev–Trinajstić information content (AvgIpc) is 3.04. The second-order valence-corrected chi connectivity index (χ2v) is 7.27. The number of fused-ring (bicyclic) bond motifs is 1. The molecule has 0 fully saturated rings. The van der Waals surface area contributed by atoms with Crippen LogP contribution >= 0.6 is 11.3 Å². The molecule has 0 aliphatic heterocycles. The van der Waals surface area contributed by atoms with E-state index in [1.807, 2.05) is 60.7 Å². The van der Waals surface area contributed by atoms with Crippen LogP contribution in [0.2, 0.25) is 0 Å². The SMILES string of the molecule is COc1ccccc1/C=C\C=c1sc2nc(=O)c(Cc3ccccc3)nn2c1=O. The van der Waals surface area contributed by atoms with Gasteiger partial charge in [-0.05, 0) is 17.7 Å². The lowest BCUT2D eigenvalue weighted by molar-refractivity contribution is 0.414. The molecule has 0 spiro atoms. The van der Waals surface area contributed by atoms with Crippen LogP contribution in [0.3, 0.4) is 0 Å². The maximum Gasteiger partial charge on any atom is 0.296 e. The molecule has 0 radical (unpaired) electrons. The zero-order chi connectivity index (χ0) is 20.2. The van der Waals surface area contributed by atoms with E-state index < -0.39 is 5.56 Å². The van der Waals surface area contributed by atoms with Gasteiger partial charge in [0.05, 0.1) is 11.6 Å². The fourth-order valence-corrected chi connectivity index (χ4v) is 3.75. The van der Waals surface area contributed by atoms with Gasteiger partial charge in [0.15, 0.2) is 0 Å². The van der Waals surface area contributed by atoms with E-state index in [2.05, 4.69) is 10.1 Å². The highest BCUT2D eigenvalue weighted by Gasteiger charge is 2.11. The zero-order valence-corrected chi connectivity index (χ0v) is 16.4. The van der Waals surface area contributed by atoms with E-state index in [9.17, 15) is 9.59 Å². The van der Waals surface area contributed by atoms with Crippen molar-refractivity contribution in [2.75, 3.05) is 7.11 Å². The van der Waals surface area contributed by atoms with E-state index in [0.29, 0.717) is 11.0 Å². The highest BCUT2D eigenvalue weighted by atomic mass is 32.1. The van der Waals surface area contributed by atoms with E-state index in [0.717, 1.165) is 28.2 Å². The highest BCUT2D eigenvalue weighted by Crippen LogP contribution is 2.18. The first-order valence-corrected chi connectivity index (χ1v) is 9.75. The Bertz CT molecular complexity index is 1360. The summed E-state index contributed by atoms with van der Waals surface area (Å²) in [4.78, 5) is 29.3. The lowest BCUT2D eigenvalue weighted by atomic mass is 10.1. The molecule has 0 bridgehead atoms. The molecule has 0 amide bonds. The van der Waals surface area contributed by atoms with Crippen molar-refractivity contribution in [2.45, 2.75) is 6.42 Å². The Morgan fingerprint density at radius 3 is 2.62 bits per heavy atom. The Hall–Kier alpha value is -3.58. The third-order valence-electron chi connectivity index (χ3n) is 4.33.